The minimum absolute atomic E-state index is 0.220. The number of carbonyl (C=O) groups excluding carboxylic acids is 1. The van der Waals surface area contributed by atoms with Crippen molar-refractivity contribution in [2.45, 2.75) is 18.9 Å². The van der Waals surface area contributed by atoms with E-state index in [0.717, 1.165) is 30.9 Å². The maximum absolute atomic E-state index is 11.1. The molecule has 0 radical (unpaired) electrons. The molecule has 1 aliphatic heterocycles. The van der Waals surface area contributed by atoms with Gasteiger partial charge in [0, 0.05) is 14.1 Å². The van der Waals surface area contributed by atoms with Crippen LogP contribution in [0.25, 0.3) is 0 Å². The lowest BCUT2D eigenvalue weighted by atomic mass is 10.1. The van der Waals surface area contributed by atoms with E-state index in [2.05, 4.69) is 9.88 Å². The van der Waals surface area contributed by atoms with Crippen LogP contribution in [0.15, 0.2) is 18.2 Å². The molecule has 0 spiro atoms. The lowest BCUT2D eigenvalue weighted by Gasteiger charge is -2.23. The van der Waals surface area contributed by atoms with Crippen LogP contribution in [0.3, 0.4) is 0 Å². The van der Waals surface area contributed by atoms with Crippen molar-refractivity contribution in [3.63, 3.8) is 0 Å². The predicted octanol–water partition coefficient (Wildman–Crippen LogP) is 0.770. The third-order valence-electron chi connectivity index (χ3n) is 3.28. The maximum Gasteiger partial charge on any atom is 0.231 e. The molecule has 0 saturated carbocycles. The zero-order valence-electron chi connectivity index (χ0n) is 11.0. The van der Waals surface area contributed by atoms with Gasteiger partial charge in [0.1, 0.15) is 5.82 Å². The highest BCUT2D eigenvalue weighted by Crippen LogP contribution is 2.30. The molecular weight excluding hydrogens is 228 g/mol. The molecule has 1 aromatic rings. The van der Waals surface area contributed by atoms with Gasteiger partial charge >= 0.3 is 0 Å². The third kappa shape index (κ3) is 2.79. The molecule has 1 fully saturated rings. The van der Waals surface area contributed by atoms with Crippen LogP contribution in [-0.4, -0.2) is 43.0 Å². The maximum atomic E-state index is 11.1. The highest BCUT2D eigenvalue weighted by Gasteiger charge is 2.28. The Morgan fingerprint density at radius 3 is 3.00 bits per heavy atom. The van der Waals surface area contributed by atoms with Crippen LogP contribution in [0.1, 0.15) is 24.6 Å². The monoisotopic (exact) mass is 248 g/mol. The molecule has 5 heteroatoms. The molecule has 1 aliphatic rings. The van der Waals surface area contributed by atoms with E-state index >= 15 is 0 Å². The van der Waals surface area contributed by atoms with Crippen LogP contribution in [0, 0.1) is 0 Å². The molecule has 0 aromatic carbocycles. The summed E-state index contributed by atoms with van der Waals surface area (Å²) in [7, 11) is 3.95. The number of amides is 1. The Kier molecular flexibility index (Phi) is 3.81. The number of nitrogens with two attached hydrogens (primary N) is 1. The standard InChI is InChI=1S/C13H20N4O/c1-16(2)13-7-3-5-10(15-13)11-6-4-8-17(11)9-12(14)18/h3,5,7,11H,4,6,8-9H2,1-2H3,(H2,14,18)/t11-/m1/s1. The van der Waals surface area contributed by atoms with Crippen LogP contribution >= 0.6 is 0 Å². The highest BCUT2D eigenvalue weighted by atomic mass is 16.1. The molecule has 0 bridgehead atoms. The van der Waals surface area contributed by atoms with Gasteiger partial charge in [0.25, 0.3) is 0 Å². The number of aromatic nitrogens is 1. The van der Waals surface area contributed by atoms with Crippen LogP contribution in [0.4, 0.5) is 5.82 Å². The lowest BCUT2D eigenvalue weighted by molar-refractivity contribution is -0.119. The second-order valence-corrected chi connectivity index (χ2v) is 4.91. The van der Waals surface area contributed by atoms with Gasteiger partial charge in [-0.2, -0.15) is 0 Å². The van der Waals surface area contributed by atoms with E-state index in [1.54, 1.807) is 0 Å². The number of pyridine rings is 1. The van der Waals surface area contributed by atoms with Gasteiger partial charge in [-0.1, -0.05) is 6.07 Å². The predicted molar refractivity (Wildman–Crippen MR) is 71.3 cm³/mol. The van der Waals surface area contributed by atoms with Gasteiger partial charge in [-0.15, -0.1) is 0 Å². The Labute approximate surface area is 108 Å². The first-order chi connectivity index (χ1) is 8.58. The summed E-state index contributed by atoms with van der Waals surface area (Å²) in [6.07, 6.45) is 2.13. The van der Waals surface area contributed by atoms with Crippen molar-refractivity contribution in [2.75, 3.05) is 32.1 Å². The number of rotatable bonds is 4. The Bertz CT molecular complexity index is 433. The van der Waals surface area contributed by atoms with Crippen molar-refractivity contribution in [3.8, 4) is 0 Å². The quantitative estimate of drug-likeness (QED) is 0.855. The van der Waals surface area contributed by atoms with Gasteiger partial charge in [-0.25, -0.2) is 4.98 Å². The van der Waals surface area contributed by atoms with Gasteiger partial charge in [-0.05, 0) is 31.5 Å². The Balaban J connectivity index is 2.19. The summed E-state index contributed by atoms with van der Waals surface area (Å²) in [5.74, 6) is 0.670. The summed E-state index contributed by atoms with van der Waals surface area (Å²) in [6, 6.07) is 6.24. The Morgan fingerprint density at radius 1 is 1.56 bits per heavy atom. The lowest BCUT2D eigenvalue weighted by Crippen LogP contribution is -2.33. The SMILES string of the molecule is CN(C)c1cccc([C@H]2CCCN2CC(N)=O)n1. The molecule has 2 rings (SSSR count). The molecular formula is C13H20N4O. The molecule has 1 atom stereocenters. The number of likely N-dealkylation sites (tertiary alicyclic amines) is 1. The fourth-order valence-corrected chi connectivity index (χ4v) is 2.42. The number of nitrogens with zero attached hydrogens (tertiary/aromatic N) is 3. The summed E-state index contributed by atoms with van der Waals surface area (Å²) in [5.41, 5.74) is 6.31. The van der Waals surface area contributed by atoms with Gasteiger partial charge in [0.15, 0.2) is 0 Å². The van der Waals surface area contributed by atoms with E-state index in [0.29, 0.717) is 6.54 Å². The van der Waals surface area contributed by atoms with Crippen LogP contribution in [0.2, 0.25) is 0 Å². The Morgan fingerprint density at radius 2 is 2.33 bits per heavy atom. The van der Waals surface area contributed by atoms with E-state index in [4.69, 9.17) is 5.73 Å². The number of carbonyl (C=O) groups is 1. The van der Waals surface area contributed by atoms with Crippen molar-refractivity contribution < 1.29 is 4.79 Å². The molecule has 2 heterocycles. The minimum Gasteiger partial charge on any atom is -0.369 e. The Hall–Kier alpha value is -1.62. The van der Waals surface area contributed by atoms with Crippen LogP contribution in [-0.2, 0) is 4.79 Å². The van der Waals surface area contributed by atoms with E-state index in [-0.39, 0.29) is 11.9 Å². The zero-order valence-corrected chi connectivity index (χ0v) is 11.0. The van der Waals surface area contributed by atoms with Crippen LogP contribution in [0.5, 0.6) is 0 Å². The smallest absolute Gasteiger partial charge is 0.231 e. The number of primary amides is 1. The first-order valence-electron chi connectivity index (χ1n) is 6.24. The van der Waals surface area contributed by atoms with Crippen molar-refractivity contribution in [2.24, 2.45) is 5.73 Å². The van der Waals surface area contributed by atoms with Gasteiger partial charge in [0.05, 0.1) is 18.3 Å². The first-order valence-corrected chi connectivity index (χ1v) is 6.24. The van der Waals surface area contributed by atoms with Gasteiger partial charge in [0.2, 0.25) is 5.91 Å². The third-order valence-corrected chi connectivity index (χ3v) is 3.28. The van der Waals surface area contributed by atoms with Gasteiger partial charge < -0.3 is 10.6 Å². The fourth-order valence-electron chi connectivity index (χ4n) is 2.42. The number of anilines is 1. The fraction of sp³-hybridized carbons (Fsp3) is 0.538. The normalized spacial score (nSPS) is 20.0. The molecule has 5 nitrogen and oxygen atoms in total. The largest absolute Gasteiger partial charge is 0.369 e. The average molecular weight is 248 g/mol. The van der Waals surface area contributed by atoms with Gasteiger partial charge in [-0.3, -0.25) is 9.69 Å². The van der Waals surface area contributed by atoms with Crippen molar-refractivity contribution in [1.82, 2.24) is 9.88 Å². The summed E-state index contributed by atoms with van der Waals surface area (Å²) in [4.78, 5) is 19.8. The van der Waals surface area contributed by atoms with E-state index in [1.165, 1.54) is 0 Å². The molecule has 0 aliphatic carbocycles. The van der Waals surface area contributed by atoms with Crippen molar-refractivity contribution in [1.29, 1.82) is 0 Å². The van der Waals surface area contributed by atoms with Crippen molar-refractivity contribution in [3.05, 3.63) is 23.9 Å². The summed E-state index contributed by atoms with van der Waals surface area (Å²) < 4.78 is 0. The highest BCUT2D eigenvalue weighted by molar-refractivity contribution is 5.76. The molecule has 18 heavy (non-hydrogen) atoms. The van der Waals surface area contributed by atoms with E-state index in [9.17, 15) is 4.79 Å². The molecule has 98 valence electrons. The summed E-state index contributed by atoms with van der Waals surface area (Å²) in [5, 5.41) is 0. The second-order valence-electron chi connectivity index (χ2n) is 4.91. The van der Waals surface area contributed by atoms with E-state index < -0.39 is 0 Å². The summed E-state index contributed by atoms with van der Waals surface area (Å²) >= 11 is 0. The average Bonchev–Trinajstić information content (AvgIpc) is 2.76. The molecule has 1 saturated heterocycles. The van der Waals surface area contributed by atoms with E-state index in [1.807, 2.05) is 37.2 Å². The van der Waals surface area contributed by atoms with Crippen LogP contribution < -0.4 is 10.6 Å². The second kappa shape index (κ2) is 5.35. The number of hydrogen-bond acceptors (Lipinski definition) is 4. The molecule has 0 unspecified atom stereocenters. The van der Waals surface area contributed by atoms with Crippen molar-refractivity contribution >= 4 is 11.7 Å². The minimum atomic E-state index is -0.273. The molecule has 1 aromatic heterocycles. The molecule has 1 amide bonds. The zero-order chi connectivity index (χ0) is 13.1. The summed E-state index contributed by atoms with van der Waals surface area (Å²) in [6.45, 7) is 1.24. The number of hydrogen-bond donors (Lipinski definition) is 1. The first kappa shape index (κ1) is 12.8. The topological polar surface area (TPSA) is 62.5 Å². The molecule has 2 N–H and O–H groups in total.